The molecule has 0 radical (unpaired) electrons. The predicted octanol–water partition coefficient (Wildman–Crippen LogP) is 3.80. The van der Waals surface area contributed by atoms with Crippen molar-refractivity contribution in [3.8, 4) is 0 Å². The number of allylic oxidation sites excluding steroid dienone is 1. The second kappa shape index (κ2) is 5.38. The van der Waals surface area contributed by atoms with Crippen molar-refractivity contribution in [3.05, 3.63) is 12.2 Å². The molecule has 1 saturated heterocycles. The van der Waals surface area contributed by atoms with E-state index < -0.39 is 0 Å². The van der Waals surface area contributed by atoms with Crippen LogP contribution in [0.3, 0.4) is 0 Å². The van der Waals surface area contributed by atoms with Gasteiger partial charge in [-0.3, -0.25) is 4.79 Å². The fourth-order valence-electron chi connectivity index (χ4n) is 3.19. The van der Waals surface area contributed by atoms with Crippen molar-refractivity contribution < 1.29 is 9.53 Å². The third kappa shape index (κ3) is 2.83. The number of carbonyl (C=O) groups is 1. The van der Waals surface area contributed by atoms with Gasteiger partial charge < -0.3 is 4.74 Å². The Morgan fingerprint density at radius 3 is 2.78 bits per heavy atom. The second-order valence-electron chi connectivity index (χ2n) is 6.15. The van der Waals surface area contributed by atoms with Crippen LogP contribution in [0.2, 0.25) is 0 Å². The highest BCUT2D eigenvalue weighted by Gasteiger charge is 2.47. The fraction of sp³-hybridized carbons (Fsp3) is 0.800. The molecule has 1 saturated carbocycles. The minimum absolute atomic E-state index is 0.104. The van der Waals surface area contributed by atoms with Gasteiger partial charge in [-0.25, -0.2) is 0 Å². The first-order chi connectivity index (χ1) is 8.44. The average molecular weight is 268 g/mol. The Balaban J connectivity index is 2.14. The van der Waals surface area contributed by atoms with Gasteiger partial charge in [0.2, 0.25) is 0 Å². The van der Waals surface area contributed by atoms with E-state index >= 15 is 0 Å². The zero-order valence-electron chi connectivity index (χ0n) is 11.8. The molecule has 0 aromatic carbocycles. The zero-order valence-corrected chi connectivity index (χ0v) is 12.6. The molecule has 0 amide bonds. The molecule has 2 fully saturated rings. The number of ketones is 1. The van der Waals surface area contributed by atoms with Gasteiger partial charge in [-0.05, 0) is 37.7 Å². The van der Waals surface area contributed by atoms with E-state index in [9.17, 15) is 4.79 Å². The van der Waals surface area contributed by atoms with Crippen LogP contribution in [0.25, 0.3) is 0 Å². The van der Waals surface area contributed by atoms with E-state index in [1.807, 2.05) is 6.92 Å². The summed E-state index contributed by atoms with van der Waals surface area (Å²) in [5.74, 6) is 1.42. The van der Waals surface area contributed by atoms with Gasteiger partial charge in [-0.1, -0.05) is 33.3 Å². The highest BCUT2D eigenvalue weighted by Crippen LogP contribution is 2.50. The van der Waals surface area contributed by atoms with E-state index in [1.54, 1.807) is 23.9 Å². The van der Waals surface area contributed by atoms with Crippen LogP contribution in [0.1, 0.15) is 47.0 Å². The molecule has 1 aliphatic carbocycles. The molecular weight excluding hydrogens is 244 g/mol. The first kappa shape index (κ1) is 14.1. The van der Waals surface area contributed by atoms with Gasteiger partial charge in [0.1, 0.15) is 0 Å². The first-order valence-electron chi connectivity index (χ1n) is 6.94. The minimum Gasteiger partial charge on any atom is -0.356 e. The molecule has 0 aromatic heterocycles. The Morgan fingerprint density at radius 1 is 1.39 bits per heavy atom. The maximum atomic E-state index is 12.0. The lowest BCUT2D eigenvalue weighted by Gasteiger charge is -2.49. The molecule has 102 valence electrons. The van der Waals surface area contributed by atoms with Crippen molar-refractivity contribution >= 4 is 17.5 Å². The average Bonchev–Trinajstić information content (AvgIpc) is 2.27. The van der Waals surface area contributed by atoms with Gasteiger partial charge in [0.05, 0.1) is 6.10 Å². The standard InChI is InChI=1S/C15H24O2S/c1-5-6-12(16)14-17-13-9-10(2)7-8-11(13)15(3,4)18-14/h5-6,10-11,13-14H,7-9H2,1-4H3/b6-5+. The summed E-state index contributed by atoms with van der Waals surface area (Å²) >= 11 is 1.70. The van der Waals surface area contributed by atoms with Gasteiger partial charge in [0.15, 0.2) is 11.2 Å². The maximum absolute atomic E-state index is 12.0. The summed E-state index contributed by atoms with van der Waals surface area (Å²) in [7, 11) is 0. The zero-order chi connectivity index (χ0) is 13.3. The Morgan fingerprint density at radius 2 is 2.11 bits per heavy atom. The predicted molar refractivity (Wildman–Crippen MR) is 76.7 cm³/mol. The molecule has 2 rings (SSSR count). The Hall–Kier alpha value is -0.280. The lowest BCUT2D eigenvalue weighted by atomic mass is 9.75. The van der Waals surface area contributed by atoms with E-state index in [-0.39, 0.29) is 22.1 Å². The van der Waals surface area contributed by atoms with Gasteiger partial charge in [0, 0.05) is 4.75 Å². The third-order valence-corrected chi connectivity index (χ3v) is 5.69. The molecule has 4 unspecified atom stereocenters. The van der Waals surface area contributed by atoms with E-state index in [0.717, 1.165) is 12.3 Å². The van der Waals surface area contributed by atoms with Crippen LogP contribution in [0.4, 0.5) is 0 Å². The SMILES string of the molecule is C/C=C/C(=O)C1OC2CC(C)CCC2C(C)(C)S1. The summed E-state index contributed by atoms with van der Waals surface area (Å²) in [5.41, 5.74) is -0.303. The van der Waals surface area contributed by atoms with Crippen molar-refractivity contribution in [2.75, 3.05) is 0 Å². The molecular formula is C15H24O2S. The minimum atomic E-state index is -0.303. The summed E-state index contributed by atoms with van der Waals surface area (Å²) < 4.78 is 6.22. The van der Waals surface area contributed by atoms with Crippen LogP contribution in [-0.2, 0) is 9.53 Å². The Labute approximate surface area is 115 Å². The van der Waals surface area contributed by atoms with Crippen molar-refractivity contribution in [1.29, 1.82) is 0 Å². The van der Waals surface area contributed by atoms with E-state index in [0.29, 0.717) is 5.92 Å². The number of fused-ring (bicyclic) bond motifs is 1. The summed E-state index contributed by atoms with van der Waals surface area (Å²) in [4.78, 5) is 12.0. The first-order valence-corrected chi connectivity index (χ1v) is 7.82. The topological polar surface area (TPSA) is 26.3 Å². The Kier molecular flexibility index (Phi) is 4.22. The highest BCUT2D eigenvalue weighted by molar-refractivity contribution is 8.01. The van der Waals surface area contributed by atoms with Crippen LogP contribution in [0.5, 0.6) is 0 Å². The van der Waals surface area contributed by atoms with Gasteiger partial charge in [-0.2, -0.15) is 0 Å². The van der Waals surface area contributed by atoms with Crippen molar-refractivity contribution in [3.63, 3.8) is 0 Å². The molecule has 4 atom stereocenters. The van der Waals surface area contributed by atoms with E-state index in [1.165, 1.54) is 12.8 Å². The van der Waals surface area contributed by atoms with Gasteiger partial charge >= 0.3 is 0 Å². The number of rotatable bonds is 2. The second-order valence-corrected chi connectivity index (χ2v) is 7.87. The smallest absolute Gasteiger partial charge is 0.194 e. The number of hydrogen-bond acceptors (Lipinski definition) is 3. The number of ether oxygens (including phenoxy) is 1. The molecule has 0 bridgehead atoms. The number of carbonyl (C=O) groups excluding carboxylic acids is 1. The highest BCUT2D eigenvalue weighted by atomic mass is 32.2. The van der Waals surface area contributed by atoms with Crippen LogP contribution >= 0.6 is 11.8 Å². The van der Waals surface area contributed by atoms with Crippen LogP contribution in [-0.4, -0.2) is 22.1 Å². The molecule has 0 spiro atoms. The summed E-state index contributed by atoms with van der Waals surface area (Å²) in [6.07, 6.45) is 7.34. The van der Waals surface area contributed by atoms with E-state index in [4.69, 9.17) is 4.74 Å². The van der Waals surface area contributed by atoms with Gasteiger partial charge in [0.25, 0.3) is 0 Å². The monoisotopic (exact) mass is 268 g/mol. The lowest BCUT2D eigenvalue weighted by Crippen LogP contribution is -2.50. The molecule has 0 N–H and O–H groups in total. The molecule has 2 aliphatic rings. The van der Waals surface area contributed by atoms with Crippen LogP contribution in [0.15, 0.2) is 12.2 Å². The summed E-state index contributed by atoms with van der Waals surface area (Å²) in [6.45, 7) is 8.70. The van der Waals surface area contributed by atoms with Gasteiger partial charge in [-0.15, -0.1) is 11.8 Å². The molecule has 2 nitrogen and oxygen atoms in total. The molecule has 0 aromatic rings. The Bertz CT molecular complexity index is 348. The van der Waals surface area contributed by atoms with Crippen molar-refractivity contribution in [2.24, 2.45) is 11.8 Å². The van der Waals surface area contributed by atoms with Crippen molar-refractivity contribution in [1.82, 2.24) is 0 Å². The fourth-order valence-corrected chi connectivity index (χ4v) is 4.58. The quantitative estimate of drug-likeness (QED) is 0.712. The molecule has 1 aliphatic heterocycles. The number of thioether (sulfide) groups is 1. The molecule has 3 heteroatoms. The normalized spacial score (nSPS) is 39.6. The summed E-state index contributed by atoms with van der Waals surface area (Å²) in [6, 6.07) is 0. The van der Waals surface area contributed by atoms with Crippen LogP contribution < -0.4 is 0 Å². The molecule has 1 heterocycles. The third-order valence-electron chi connectivity index (χ3n) is 4.22. The molecule has 18 heavy (non-hydrogen) atoms. The maximum Gasteiger partial charge on any atom is 0.194 e. The van der Waals surface area contributed by atoms with E-state index in [2.05, 4.69) is 20.8 Å². The lowest BCUT2D eigenvalue weighted by molar-refractivity contribution is -0.129. The van der Waals surface area contributed by atoms with Crippen LogP contribution in [0, 0.1) is 11.8 Å². The summed E-state index contributed by atoms with van der Waals surface area (Å²) in [5, 5.41) is 0. The number of hydrogen-bond donors (Lipinski definition) is 0. The largest absolute Gasteiger partial charge is 0.356 e. The van der Waals surface area contributed by atoms with Crippen molar-refractivity contribution in [2.45, 2.75) is 63.2 Å².